The molecule has 0 unspecified atom stereocenters. The quantitative estimate of drug-likeness (QED) is 0.556. The average molecular weight is 377 g/mol. The standard InChI is InChI=1S/C20H23N7O/c1-13-22-17-7-6-16(24-19(17)26(13)10-11-28-2)15-8-9-27-18(15)12-21-20(25-27)23-14-4-3-5-14/h6-9,12,14H,3-5,10-11H2,1-2H3,(H,23,25). The van der Waals surface area contributed by atoms with E-state index in [1.165, 1.54) is 19.3 Å². The number of anilines is 1. The number of pyridine rings is 1. The van der Waals surface area contributed by atoms with Crippen LogP contribution in [0, 0.1) is 6.92 Å². The predicted octanol–water partition coefficient (Wildman–Crippen LogP) is 3.06. The Morgan fingerprint density at radius 2 is 2.11 bits per heavy atom. The van der Waals surface area contributed by atoms with E-state index in [0.29, 0.717) is 18.6 Å². The molecule has 1 aliphatic carbocycles. The molecular weight excluding hydrogens is 354 g/mol. The Balaban J connectivity index is 1.52. The molecule has 4 aromatic heterocycles. The van der Waals surface area contributed by atoms with Crippen molar-refractivity contribution in [2.75, 3.05) is 19.0 Å². The van der Waals surface area contributed by atoms with E-state index < -0.39 is 0 Å². The first-order chi connectivity index (χ1) is 13.7. The second-order valence-corrected chi connectivity index (χ2v) is 7.26. The molecule has 144 valence electrons. The van der Waals surface area contributed by atoms with Crippen molar-refractivity contribution in [1.82, 2.24) is 29.1 Å². The summed E-state index contributed by atoms with van der Waals surface area (Å²) in [6, 6.07) is 6.57. The highest BCUT2D eigenvalue weighted by Crippen LogP contribution is 2.27. The zero-order valence-corrected chi connectivity index (χ0v) is 16.1. The molecule has 0 saturated heterocycles. The minimum absolute atomic E-state index is 0.507. The van der Waals surface area contributed by atoms with Gasteiger partial charge in [0.25, 0.3) is 0 Å². The Kier molecular flexibility index (Phi) is 4.20. The van der Waals surface area contributed by atoms with E-state index in [0.717, 1.165) is 40.3 Å². The molecule has 1 N–H and O–H groups in total. The van der Waals surface area contributed by atoms with Gasteiger partial charge in [0.15, 0.2) is 5.65 Å². The molecule has 1 aliphatic rings. The van der Waals surface area contributed by atoms with Gasteiger partial charge in [-0.1, -0.05) is 0 Å². The van der Waals surface area contributed by atoms with Gasteiger partial charge in [-0.3, -0.25) is 0 Å². The third kappa shape index (κ3) is 2.90. The molecule has 0 bridgehead atoms. The molecule has 28 heavy (non-hydrogen) atoms. The molecule has 4 heterocycles. The van der Waals surface area contributed by atoms with Crippen molar-refractivity contribution in [1.29, 1.82) is 0 Å². The van der Waals surface area contributed by atoms with Crippen LogP contribution in [0.4, 0.5) is 5.95 Å². The lowest BCUT2D eigenvalue weighted by atomic mass is 9.93. The Morgan fingerprint density at radius 3 is 2.89 bits per heavy atom. The molecule has 0 radical (unpaired) electrons. The van der Waals surface area contributed by atoms with Crippen molar-refractivity contribution in [3.8, 4) is 11.3 Å². The van der Waals surface area contributed by atoms with E-state index in [9.17, 15) is 0 Å². The highest BCUT2D eigenvalue weighted by molar-refractivity contribution is 5.82. The van der Waals surface area contributed by atoms with Gasteiger partial charge < -0.3 is 14.6 Å². The summed E-state index contributed by atoms with van der Waals surface area (Å²) in [6.07, 6.45) is 7.49. The van der Waals surface area contributed by atoms with E-state index in [1.807, 2.05) is 42.0 Å². The van der Waals surface area contributed by atoms with Crippen LogP contribution in [0.15, 0.2) is 30.6 Å². The highest BCUT2D eigenvalue weighted by Gasteiger charge is 2.19. The average Bonchev–Trinajstić information content (AvgIpc) is 3.22. The van der Waals surface area contributed by atoms with Crippen LogP contribution < -0.4 is 5.32 Å². The maximum Gasteiger partial charge on any atom is 0.241 e. The van der Waals surface area contributed by atoms with E-state index in [2.05, 4.69) is 25.0 Å². The first-order valence-corrected chi connectivity index (χ1v) is 9.67. The predicted molar refractivity (Wildman–Crippen MR) is 107 cm³/mol. The summed E-state index contributed by atoms with van der Waals surface area (Å²) in [4.78, 5) is 14.0. The molecule has 1 fully saturated rings. The monoisotopic (exact) mass is 377 g/mol. The summed E-state index contributed by atoms with van der Waals surface area (Å²) >= 11 is 0. The molecule has 0 spiro atoms. The normalized spacial score (nSPS) is 14.6. The van der Waals surface area contributed by atoms with Crippen LogP contribution in [0.2, 0.25) is 0 Å². The SMILES string of the molecule is COCCn1c(C)nc2ccc(-c3ccn4nc(NC5CCC5)ncc34)nc21. The number of imidazole rings is 1. The lowest BCUT2D eigenvalue weighted by Gasteiger charge is -2.26. The summed E-state index contributed by atoms with van der Waals surface area (Å²) in [7, 11) is 1.70. The molecule has 0 amide bonds. The fourth-order valence-corrected chi connectivity index (χ4v) is 3.63. The number of nitrogens with zero attached hydrogens (tertiary/aromatic N) is 6. The topological polar surface area (TPSA) is 82.2 Å². The van der Waals surface area contributed by atoms with Crippen molar-refractivity contribution in [3.63, 3.8) is 0 Å². The first kappa shape index (κ1) is 17.1. The maximum absolute atomic E-state index is 5.23. The second-order valence-electron chi connectivity index (χ2n) is 7.26. The van der Waals surface area contributed by atoms with Crippen LogP contribution in [0.3, 0.4) is 0 Å². The number of fused-ring (bicyclic) bond motifs is 2. The third-order valence-corrected chi connectivity index (χ3v) is 5.43. The number of hydrogen-bond acceptors (Lipinski definition) is 6. The number of ether oxygens (including phenoxy) is 1. The Labute approximate surface area is 162 Å². The number of aromatic nitrogens is 6. The summed E-state index contributed by atoms with van der Waals surface area (Å²) in [6.45, 7) is 3.35. The summed E-state index contributed by atoms with van der Waals surface area (Å²) in [5, 5.41) is 7.99. The van der Waals surface area contributed by atoms with Gasteiger partial charge in [0.05, 0.1) is 24.0 Å². The highest BCUT2D eigenvalue weighted by atomic mass is 16.5. The minimum Gasteiger partial charge on any atom is -0.383 e. The zero-order chi connectivity index (χ0) is 19.1. The second kappa shape index (κ2) is 6.87. The van der Waals surface area contributed by atoms with E-state index >= 15 is 0 Å². The number of nitrogens with one attached hydrogen (secondary N) is 1. The third-order valence-electron chi connectivity index (χ3n) is 5.43. The van der Waals surface area contributed by atoms with Crippen molar-refractivity contribution in [3.05, 3.63) is 36.4 Å². The van der Waals surface area contributed by atoms with Gasteiger partial charge in [-0.05, 0) is 44.4 Å². The van der Waals surface area contributed by atoms with Crippen molar-refractivity contribution in [2.45, 2.75) is 38.8 Å². The molecule has 0 atom stereocenters. The lowest BCUT2D eigenvalue weighted by molar-refractivity contribution is 0.187. The molecule has 8 heteroatoms. The molecule has 5 rings (SSSR count). The number of rotatable bonds is 6. The van der Waals surface area contributed by atoms with Crippen molar-refractivity contribution < 1.29 is 4.74 Å². The minimum atomic E-state index is 0.507. The van der Waals surface area contributed by atoms with Crippen LogP contribution in [0.5, 0.6) is 0 Å². The molecule has 0 aromatic carbocycles. The van der Waals surface area contributed by atoms with Crippen LogP contribution in [-0.2, 0) is 11.3 Å². The summed E-state index contributed by atoms with van der Waals surface area (Å²) in [5.74, 6) is 1.62. The Morgan fingerprint density at radius 1 is 1.21 bits per heavy atom. The van der Waals surface area contributed by atoms with Gasteiger partial charge in [0.1, 0.15) is 11.3 Å². The molecule has 8 nitrogen and oxygen atoms in total. The summed E-state index contributed by atoms with van der Waals surface area (Å²) in [5.41, 5.74) is 4.59. The van der Waals surface area contributed by atoms with E-state index in [-0.39, 0.29) is 0 Å². The van der Waals surface area contributed by atoms with Gasteiger partial charge >= 0.3 is 0 Å². The summed E-state index contributed by atoms with van der Waals surface area (Å²) < 4.78 is 9.19. The maximum atomic E-state index is 5.23. The zero-order valence-electron chi connectivity index (χ0n) is 16.1. The van der Waals surface area contributed by atoms with Gasteiger partial charge in [-0.2, -0.15) is 0 Å². The number of methoxy groups -OCH3 is 1. The van der Waals surface area contributed by atoms with Crippen molar-refractivity contribution in [2.24, 2.45) is 0 Å². The van der Waals surface area contributed by atoms with Crippen molar-refractivity contribution >= 4 is 22.6 Å². The van der Waals surface area contributed by atoms with E-state index in [1.54, 1.807) is 7.11 Å². The Bertz CT molecular complexity index is 1140. The van der Waals surface area contributed by atoms with Gasteiger partial charge in [0, 0.05) is 31.5 Å². The van der Waals surface area contributed by atoms with Crippen LogP contribution in [-0.4, -0.2) is 48.9 Å². The molecular formula is C20H23N7O. The molecule has 4 aromatic rings. The Hall–Kier alpha value is -3.00. The fourth-order valence-electron chi connectivity index (χ4n) is 3.63. The van der Waals surface area contributed by atoms with Gasteiger partial charge in [-0.25, -0.2) is 19.5 Å². The van der Waals surface area contributed by atoms with Gasteiger partial charge in [-0.15, -0.1) is 5.10 Å². The number of aryl methyl sites for hydroxylation is 1. The van der Waals surface area contributed by atoms with Crippen LogP contribution in [0.25, 0.3) is 27.9 Å². The smallest absolute Gasteiger partial charge is 0.241 e. The van der Waals surface area contributed by atoms with Crippen LogP contribution >= 0.6 is 0 Å². The number of hydrogen-bond donors (Lipinski definition) is 1. The lowest BCUT2D eigenvalue weighted by Crippen LogP contribution is -2.28. The molecule has 0 aliphatic heterocycles. The fraction of sp³-hybridized carbons (Fsp3) is 0.400. The first-order valence-electron chi connectivity index (χ1n) is 9.67. The largest absolute Gasteiger partial charge is 0.383 e. The molecule has 1 saturated carbocycles. The van der Waals surface area contributed by atoms with E-state index in [4.69, 9.17) is 9.72 Å². The van der Waals surface area contributed by atoms with Crippen LogP contribution in [0.1, 0.15) is 25.1 Å². The van der Waals surface area contributed by atoms with Gasteiger partial charge in [0.2, 0.25) is 5.95 Å².